The summed E-state index contributed by atoms with van der Waals surface area (Å²) < 4.78 is 25.1. The largest absolute Gasteiger partial charge is 0.494 e. The Bertz CT molecular complexity index is 871. The molecule has 0 aromatic heterocycles. The van der Waals surface area contributed by atoms with Gasteiger partial charge in [-0.15, -0.1) is 0 Å². The molecule has 2 aromatic carbocycles. The maximum absolute atomic E-state index is 13.9. The van der Waals surface area contributed by atoms with Gasteiger partial charge in [0, 0.05) is 36.9 Å². The third-order valence-corrected chi connectivity index (χ3v) is 4.99. The molecule has 2 aromatic rings. The molecule has 0 aliphatic carbocycles. The van der Waals surface area contributed by atoms with Gasteiger partial charge in [-0.1, -0.05) is 6.07 Å². The highest BCUT2D eigenvalue weighted by Gasteiger charge is 2.16. The molecule has 3 rings (SSSR count). The van der Waals surface area contributed by atoms with E-state index in [1.54, 1.807) is 6.07 Å². The fraction of sp³-hybridized carbons (Fsp3) is 0.409. The molecule has 1 unspecified atom stereocenters. The van der Waals surface area contributed by atoms with E-state index in [2.05, 4.69) is 21.6 Å². The SMILES string of the molecule is CCOc1ccc(C(C)Nc2ccc(F)c(NC(N)=O)c2)cc1CN1CCOCC1. The van der Waals surface area contributed by atoms with Crippen LogP contribution >= 0.6 is 0 Å². The van der Waals surface area contributed by atoms with E-state index in [0.717, 1.165) is 49.7 Å². The minimum Gasteiger partial charge on any atom is -0.494 e. The van der Waals surface area contributed by atoms with Gasteiger partial charge in [0.15, 0.2) is 0 Å². The van der Waals surface area contributed by atoms with E-state index in [1.165, 1.54) is 12.1 Å². The maximum atomic E-state index is 13.9. The Balaban J connectivity index is 1.77. The average Bonchev–Trinajstić information content (AvgIpc) is 2.72. The fourth-order valence-corrected chi connectivity index (χ4v) is 3.47. The van der Waals surface area contributed by atoms with Crippen LogP contribution in [0.3, 0.4) is 0 Å². The molecule has 162 valence electrons. The third kappa shape index (κ3) is 5.84. The van der Waals surface area contributed by atoms with Crippen LogP contribution in [0.2, 0.25) is 0 Å². The number of nitrogens with zero attached hydrogens (tertiary/aromatic N) is 1. The number of nitrogens with one attached hydrogen (secondary N) is 2. The van der Waals surface area contributed by atoms with Crippen LogP contribution in [0.15, 0.2) is 36.4 Å². The first-order chi connectivity index (χ1) is 14.5. The van der Waals surface area contributed by atoms with E-state index in [9.17, 15) is 9.18 Å². The lowest BCUT2D eigenvalue weighted by Crippen LogP contribution is -2.35. The fourth-order valence-electron chi connectivity index (χ4n) is 3.47. The number of rotatable bonds is 8. The van der Waals surface area contributed by atoms with Gasteiger partial charge in [-0.25, -0.2) is 9.18 Å². The Morgan fingerprint density at radius 3 is 2.73 bits per heavy atom. The van der Waals surface area contributed by atoms with Crippen molar-refractivity contribution in [3.05, 3.63) is 53.3 Å². The molecule has 0 saturated carbocycles. The summed E-state index contributed by atoms with van der Waals surface area (Å²) in [5.74, 6) is 0.343. The minimum atomic E-state index is -0.807. The number of amides is 2. The van der Waals surface area contributed by atoms with Gasteiger partial charge in [-0.05, 0) is 49.7 Å². The number of hydrogen-bond donors (Lipinski definition) is 3. The lowest BCUT2D eigenvalue weighted by atomic mass is 10.0. The zero-order valence-corrected chi connectivity index (χ0v) is 17.4. The number of carbonyl (C=O) groups is 1. The average molecular weight is 416 g/mol. The molecule has 30 heavy (non-hydrogen) atoms. The highest BCUT2D eigenvalue weighted by molar-refractivity contribution is 5.88. The summed E-state index contributed by atoms with van der Waals surface area (Å²) in [7, 11) is 0. The molecule has 0 radical (unpaired) electrons. The molecule has 8 heteroatoms. The molecular formula is C22H29FN4O3. The minimum absolute atomic E-state index is 0.0411. The summed E-state index contributed by atoms with van der Waals surface area (Å²) in [4.78, 5) is 13.4. The van der Waals surface area contributed by atoms with Crippen LogP contribution in [0.4, 0.5) is 20.6 Å². The molecule has 1 heterocycles. The highest BCUT2D eigenvalue weighted by atomic mass is 19.1. The van der Waals surface area contributed by atoms with Crippen LogP contribution in [0.1, 0.15) is 31.0 Å². The summed E-state index contributed by atoms with van der Waals surface area (Å²) in [6.07, 6.45) is 0. The second-order valence-corrected chi connectivity index (χ2v) is 7.24. The Hall–Kier alpha value is -2.84. The second-order valence-electron chi connectivity index (χ2n) is 7.24. The van der Waals surface area contributed by atoms with E-state index >= 15 is 0 Å². The van der Waals surface area contributed by atoms with Crippen molar-refractivity contribution in [1.29, 1.82) is 0 Å². The molecule has 0 spiro atoms. The van der Waals surface area contributed by atoms with Crippen molar-refractivity contribution in [3.63, 3.8) is 0 Å². The van der Waals surface area contributed by atoms with Crippen LogP contribution in [0, 0.1) is 5.82 Å². The monoisotopic (exact) mass is 416 g/mol. The van der Waals surface area contributed by atoms with E-state index in [4.69, 9.17) is 15.2 Å². The molecule has 2 amide bonds. The Morgan fingerprint density at radius 2 is 2.03 bits per heavy atom. The number of morpholine rings is 1. The number of hydrogen-bond acceptors (Lipinski definition) is 5. The van der Waals surface area contributed by atoms with E-state index in [1.807, 2.05) is 26.0 Å². The number of ether oxygens (including phenoxy) is 2. The standard InChI is InChI=1S/C22H29FN4O3/c1-3-30-21-7-4-16(12-17(21)14-27-8-10-29-11-9-27)15(2)25-18-5-6-19(23)20(13-18)26-22(24)28/h4-7,12-13,15,25H,3,8-11,14H2,1-2H3,(H3,24,26,28). The molecule has 7 nitrogen and oxygen atoms in total. The van der Waals surface area contributed by atoms with Gasteiger partial charge >= 0.3 is 6.03 Å². The van der Waals surface area contributed by atoms with E-state index in [-0.39, 0.29) is 11.7 Å². The van der Waals surface area contributed by atoms with Crippen molar-refractivity contribution < 1.29 is 18.7 Å². The molecule has 0 bridgehead atoms. The molecule has 1 atom stereocenters. The maximum Gasteiger partial charge on any atom is 0.316 e. The van der Waals surface area contributed by atoms with Gasteiger partial charge in [0.1, 0.15) is 11.6 Å². The predicted molar refractivity (Wildman–Crippen MR) is 115 cm³/mol. The Labute approximate surface area is 176 Å². The van der Waals surface area contributed by atoms with Crippen molar-refractivity contribution in [1.82, 2.24) is 4.90 Å². The number of halogens is 1. The van der Waals surface area contributed by atoms with E-state index in [0.29, 0.717) is 12.3 Å². The topological polar surface area (TPSA) is 88.8 Å². The smallest absolute Gasteiger partial charge is 0.316 e. The van der Waals surface area contributed by atoms with Gasteiger partial charge in [-0.3, -0.25) is 4.90 Å². The molecule has 1 aliphatic heterocycles. The molecular weight excluding hydrogens is 387 g/mol. The van der Waals surface area contributed by atoms with Gasteiger partial charge < -0.3 is 25.8 Å². The van der Waals surface area contributed by atoms with Crippen LogP contribution in [-0.2, 0) is 11.3 Å². The molecule has 4 N–H and O–H groups in total. The zero-order chi connectivity index (χ0) is 21.5. The van der Waals surface area contributed by atoms with Crippen molar-refractivity contribution in [2.75, 3.05) is 43.5 Å². The molecule has 1 saturated heterocycles. The zero-order valence-electron chi connectivity index (χ0n) is 17.4. The predicted octanol–water partition coefficient (Wildman–Crippen LogP) is 3.72. The van der Waals surface area contributed by atoms with E-state index < -0.39 is 11.8 Å². The highest BCUT2D eigenvalue weighted by Crippen LogP contribution is 2.28. The summed E-state index contributed by atoms with van der Waals surface area (Å²) >= 11 is 0. The number of nitrogens with two attached hydrogens (primary N) is 1. The first-order valence-corrected chi connectivity index (χ1v) is 10.1. The van der Waals surface area contributed by atoms with Crippen molar-refractivity contribution in [2.24, 2.45) is 5.73 Å². The quantitative estimate of drug-likeness (QED) is 0.610. The van der Waals surface area contributed by atoms with Gasteiger partial charge in [0.2, 0.25) is 0 Å². The first kappa shape index (κ1) is 21.9. The summed E-state index contributed by atoms with van der Waals surface area (Å²) in [6.45, 7) is 8.68. The molecule has 1 fully saturated rings. The number of primary amides is 1. The third-order valence-electron chi connectivity index (χ3n) is 4.99. The number of anilines is 2. The summed E-state index contributed by atoms with van der Waals surface area (Å²) in [6, 6.07) is 9.76. The van der Waals surface area contributed by atoms with Gasteiger partial charge in [-0.2, -0.15) is 0 Å². The number of benzene rings is 2. The van der Waals surface area contributed by atoms with Crippen LogP contribution in [0.5, 0.6) is 5.75 Å². The van der Waals surface area contributed by atoms with Crippen LogP contribution in [0.25, 0.3) is 0 Å². The lowest BCUT2D eigenvalue weighted by Gasteiger charge is -2.28. The summed E-state index contributed by atoms with van der Waals surface area (Å²) in [5, 5.41) is 5.64. The first-order valence-electron chi connectivity index (χ1n) is 10.1. The Morgan fingerprint density at radius 1 is 1.27 bits per heavy atom. The van der Waals surface area contributed by atoms with Crippen molar-refractivity contribution in [3.8, 4) is 5.75 Å². The van der Waals surface area contributed by atoms with Crippen LogP contribution in [-0.4, -0.2) is 43.8 Å². The van der Waals surface area contributed by atoms with Crippen LogP contribution < -0.4 is 21.1 Å². The number of urea groups is 1. The van der Waals surface area contributed by atoms with Crippen molar-refractivity contribution >= 4 is 17.4 Å². The summed E-state index contributed by atoms with van der Waals surface area (Å²) in [5.41, 5.74) is 8.03. The molecule has 1 aliphatic rings. The lowest BCUT2D eigenvalue weighted by molar-refractivity contribution is 0.0338. The second kappa shape index (κ2) is 10.3. The van der Waals surface area contributed by atoms with Gasteiger partial charge in [0.05, 0.1) is 25.5 Å². The Kier molecular flexibility index (Phi) is 7.48. The van der Waals surface area contributed by atoms with Gasteiger partial charge in [0.25, 0.3) is 0 Å². The van der Waals surface area contributed by atoms with Crippen molar-refractivity contribution in [2.45, 2.75) is 26.4 Å². The number of carbonyl (C=O) groups excluding carboxylic acids is 1. The normalized spacial score (nSPS) is 15.4.